The summed E-state index contributed by atoms with van der Waals surface area (Å²) in [4.78, 5) is 0. The van der Waals surface area contributed by atoms with Crippen LogP contribution in [0.4, 0.5) is 0 Å². The highest BCUT2D eigenvalue weighted by molar-refractivity contribution is 4.85. The molecule has 23 heavy (non-hydrogen) atoms. The quantitative estimate of drug-likeness (QED) is 0.746. The van der Waals surface area contributed by atoms with E-state index in [1.165, 1.54) is 0 Å². The Bertz CT molecular complexity index is 370. The van der Waals surface area contributed by atoms with Crippen molar-refractivity contribution in [2.24, 2.45) is 35.5 Å². The van der Waals surface area contributed by atoms with Crippen LogP contribution >= 0.6 is 0 Å². The van der Waals surface area contributed by atoms with Gasteiger partial charge in [-0.3, -0.25) is 0 Å². The van der Waals surface area contributed by atoms with Gasteiger partial charge in [0.05, 0.1) is 24.9 Å². The molecule has 136 valence electrons. The average molecular weight is 327 g/mol. The molecule has 0 aliphatic carbocycles. The van der Waals surface area contributed by atoms with Crippen LogP contribution in [0.3, 0.4) is 0 Å². The van der Waals surface area contributed by atoms with Gasteiger partial charge in [-0.1, -0.05) is 48.5 Å². The maximum atomic E-state index is 6.25. The Hall–Kier alpha value is -0.120. The summed E-state index contributed by atoms with van der Waals surface area (Å²) in [5.74, 6) is 3.46. The van der Waals surface area contributed by atoms with Crippen molar-refractivity contribution in [2.75, 3.05) is 6.61 Å². The Morgan fingerprint density at radius 3 is 1.83 bits per heavy atom. The van der Waals surface area contributed by atoms with Crippen LogP contribution in [0.1, 0.15) is 61.8 Å². The summed E-state index contributed by atoms with van der Waals surface area (Å²) in [7, 11) is 0. The predicted octanol–water partition coefficient (Wildman–Crippen LogP) is 4.74. The van der Waals surface area contributed by atoms with Gasteiger partial charge in [-0.15, -0.1) is 0 Å². The van der Waals surface area contributed by atoms with E-state index in [-0.39, 0.29) is 12.4 Å². The van der Waals surface area contributed by atoms with Gasteiger partial charge in [-0.2, -0.15) is 0 Å². The maximum Gasteiger partial charge on any atom is 0.160 e. The van der Waals surface area contributed by atoms with Gasteiger partial charge < -0.3 is 14.2 Å². The van der Waals surface area contributed by atoms with E-state index in [4.69, 9.17) is 14.2 Å². The Balaban J connectivity index is 1.94. The first-order chi connectivity index (χ1) is 10.8. The monoisotopic (exact) mass is 326 g/mol. The van der Waals surface area contributed by atoms with Crippen molar-refractivity contribution in [3.63, 3.8) is 0 Å². The highest BCUT2D eigenvalue weighted by Crippen LogP contribution is 2.38. The zero-order valence-electron chi connectivity index (χ0n) is 16.4. The van der Waals surface area contributed by atoms with E-state index in [1.807, 2.05) is 0 Å². The van der Waals surface area contributed by atoms with Crippen molar-refractivity contribution < 1.29 is 14.2 Å². The van der Waals surface area contributed by atoms with E-state index in [0.717, 1.165) is 6.42 Å². The SMILES string of the molecule is CCC1OC(OCC2OC(C)C(C)C(C)C2C)C(C)C(C)C1C. The van der Waals surface area contributed by atoms with Crippen LogP contribution in [0.5, 0.6) is 0 Å². The third kappa shape index (κ3) is 3.93. The van der Waals surface area contributed by atoms with Gasteiger partial charge in [0, 0.05) is 5.92 Å². The summed E-state index contributed by atoms with van der Waals surface area (Å²) >= 11 is 0. The minimum atomic E-state index is -0.0908. The minimum Gasteiger partial charge on any atom is -0.372 e. The Morgan fingerprint density at radius 2 is 1.22 bits per heavy atom. The first-order valence-corrected chi connectivity index (χ1v) is 9.70. The molecule has 2 aliphatic rings. The number of rotatable bonds is 4. The summed E-state index contributed by atoms with van der Waals surface area (Å²) in [6.07, 6.45) is 1.77. The molecule has 2 rings (SSSR count). The van der Waals surface area contributed by atoms with Crippen molar-refractivity contribution in [3.05, 3.63) is 0 Å². The lowest BCUT2D eigenvalue weighted by atomic mass is 9.77. The second-order valence-corrected chi connectivity index (χ2v) is 8.32. The van der Waals surface area contributed by atoms with Crippen molar-refractivity contribution in [1.29, 1.82) is 0 Å². The lowest BCUT2D eigenvalue weighted by Gasteiger charge is -2.45. The fourth-order valence-corrected chi connectivity index (χ4v) is 4.29. The molecule has 3 nitrogen and oxygen atoms in total. The molecule has 0 aromatic carbocycles. The lowest BCUT2D eigenvalue weighted by molar-refractivity contribution is -0.265. The van der Waals surface area contributed by atoms with Gasteiger partial charge >= 0.3 is 0 Å². The second kappa shape index (κ2) is 7.84. The molecule has 0 radical (unpaired) electrons. The molecule has 0 aromatic heterocycles. The van der Waals surface area contributed by atoms with Gasteiger partial charge in [0.2, 0.25) is 0 Å². The summed E-state index contributed by atoms with van der Waals surface area (Å²) in [6, 6.07) is 0. The second-order valence-electron chi connectivity index (χ2n) is 8.32. The number of hydrogen-bond donors (Lipinski definition) is 0. The van der Waals surface area contributed by atoms with Crippen LogP contribution in [0.15, 0.2) is 0 Å². The number of ether oxygens (including phenoxy) is 3. The molecule has 10 atom stereocenters. The summed E-state index contributed by atoms with van der Waals surface area (Å²) in [5, 5.41) is 0. The molecule has 2 aliphatic heterocycles. The van der Waals surface area contributed by atoms with Crippen LogP contribution in [0, 0.1) is 35.5 Å². The topological polar surface area (TPSA) is 27.7 Å². The van der Waals surface area contributed by atoms with E-state index < -0.39 is 0 Å². The maximum absolute atomic E-state index is 6.25. The van der Waals surface area contributed by atoms with Crippen molar-refractivity contribution in [2.45, 2.75) is 86.4 Å². The highest BCUT2D eigenvalue weighted by atomic mass is 16.7. The Morgan fingerprint density at radius 1 is 0.652 bits per heavy atom. The molecule has 0 amide bonds. The molecule has 0 saturated carbocycles. The van der Waals surface area contributed by atoms with E-state index in [1.54, 1.807) is 0 Å². The zero-order chi connectivity index (χ0) is 17.3. The van der Waals surface area contributed by atoms with Crippen molar-refractivity contribution in [3.8, 4) is 0 Å². The van der Waals surface area contributed by atoms with E-state index in [9.17, 15) is 0 Å². The summed E-state index contributed by atoms with van der Waals surface area (Å²) < 4.78 is 18.7. The fraction of sp³-hybridized carbons (Fsp3) is 1.00. The molecule has 0 spiro atoms. The molecule has 0 N–H and O–H groups in total. The van der Waals surface area contributed by atoms with Gasteiger partial charge in [0.25, 0.3) is 0 Å². The van der Waals surface area contributed by atoms with Gasteiger partial charge in [0.1, 0.15) is 0 Å². The van der Waals surface area contributed by atoms with Crippen LogP contribution in [-0.4, -0.2) is 31.2 Å². The van der Waals surface area contributed by atoms with Crippen molar-refractivity contribution >= 4 is 0 Å². The first-order valence-electron chi connectivity index (χ1n) is 9.70. The van der Waals surface area contributed by atoms with Crippen LogP contribution in [0.2, 0.25) is 0 Å². The molecule has 10 unspecified atom stereocenters. The largest absolute Gasteiger partial charge is 0.372 e. The Kier molecular flexibility index (Phi) is 6.55. The van der Waals surface area contributed by atoms with E-state index >= 15 is 0 Å². The first kappa shape index (κ1) is 19.2. The van der Waals surface area contributed by atoms with Crippen molar-refractivity contribution in [1.82, 2.24) is 0 Å². The predicted molar refractivity (Wildman–Crippen MR) is 94.2 cm³/mol. The standard InChI is InChI=1S/C20H38O3/c1-9-18-14(5)12(3)16(7)20(23-18)21-10-19-15(6)11(2)13(4)17(8)22-19/h11-20H,9-10H2,1-8H3. The minimum absolute atomic E-state index is 0.0908. The average Bonchev–Trinajstić information content (AvgIpc) is 2.54. The summed E-state index contributed by atoms with van der Waals surface area (Å²) in [6.45, 7) is 18.9. The molecule has 3 heteroatoms. The van der Waals surface area contributed by atoms with Crippen LogP contribution < -0.4 is 0 Å². The molecular formula is C20H38O3. The zero-order valence-corrected chi connectivity index (χ0v) is 16.4. The summed E-state index contributed by atoms with van der Waals surface area (Å²) in [5.41, 5.74) is 0. The van der Waals surface area contributed by atoms with Gasteiger partial charge in [0.15, 0.2) is 6.29 Å². The highest BCUT2D eigenvalue weighted by Gasteiger charge is 2.41. The van der Waals surface area contributed by atoms with Crippen LogP contribution in [0.25, 0.3) is 0 Å². The normalized spacial score (nSPS) is 51.7. The molecule has 2 heterocycles. The smallest absolute Gasteiger partial charge is 0.160 e. The van der Waals surface area contributed by atoms with Gasteiger partial charge in [-0.05, 0) is 42.9 Å². The molecule has 0 aromatic rings. The Labute approximate surface area is 143 Å². The molecular weight excluding hydrogens is 288 g/mol. The fourth-order valence-electron chi connectivity index (χ4n) is 4.29. The molecule has 2 saturated heterocycles. The third-order valence-electron chi connectivity index (χ3n) is 7.19. The number of hydrogen-bond acceptors (Lipinski definition) is 3. The van der Waals surface area contributed by atoms with Crippen LogP contribution in [-0.2, 0) is 14.2 Å². The molecule has 0 bridgehead atoms. The molecule has 2 fully saturated rings. The van der Waals surface area contributed by atoms with Gasteiger partial charge in [-0.25, -0.2) is 0 Å². The lowest BCUT2D eigenvalue weighted by Crippen LogP contribution is -2.49. The van der Waals surface area contributed by atoms with E-state index in [0.29, 0.717) is 54.3 Å². The third-order valence-corrected chi connectivity index (χ3v) is 7.19. The van der Waals surface area contributed by atoms with E-state index in [2.05, 4.69) is 55.4 Å².